The van der Waals surface area contributed by atoms with Gasteiger partial charge in [0.15, 0.2) is 0 Å². The molecule has 0 aromatic rings. The van der Waals surface area contributed by atoms with Crippen molar-refractivity contribution in [1.82, 2.24) is 5.32 Å². The van der Waals surface area contributed by atoms with Gasteiger partial charge in [-0.15, -0.1) is 0 Å². The largest absolute Gasteiger partial charge is 0.320 e. The van der Waals surface area contributed by atoms with E-state index < -0.39 is 0 Å². The predicted octanol–water partition coefficient (Wildman–Crippen LogP) is 4.25. The highest BCUT2D eigenvalue weighted by Crippen LogP contribution is 2.29. The van der Waals surface area contributed by atoms with Gasteiger partial charge < -0.3 is 5.32 Å². The zero-order valence-corrected chi connectivity index (χ0v) is 12.1. The first-order valence-corrected chi connectivity index (χ1v) is 6.82. The van der Waals surface area contributed by atoms with Crippen LogP contribution in [0.15, 0.2) is 11.6 Å². The van der Waals surface area contributed by atoms with Crippen molar-refractivity contribution in [2.24, 2.45) is 17.8 Å². The molecule has 96 valence electrons. The topological polar surface area (TPSA) is 12.0 Å². The zero-order valence-electron chi connectivity index (χ0n) is 12.1. The van der Waals surface area contributed by atoms with Gasteiger partial charge in [0.2, 0.25) is 0 Å². The molecule has 0 amide bonds. The summed E-state index contributed by atoms with van der Waals surface area (Å²) in [4.78, 5) is 0. The second kappa shape index (κ2) is 8.81. The number of hydrogen-bond acceptors (Lipinski definition) is 1. The van der Waals surface area contributed by atoms with E-state index in [-0.39, 0.29) is 0 Å². The molecule has 0 rings (SSSR count). The molecule has 3 atom stereocenters. The highest BCUT2D eigenvalue weighted by atomic mass is 14.8. The Labute approximate surface area is 103 Å². The van der Waals surface area contributed by atoms with Gasteiger partial charge in [0.05, 0.1) is 0 Å². The fraction of sp³-hybridized carbons (Fsp3) is 0.867. The summed E-state index contributed by atoms with van der Waals surface area (Å²) in [5.41, 5.74) is 1.54. The highest BCUT2D eigenvalue weighted by Gasteiger charge is 2.19. The molecule has 0 bridgehead atoms. The molecule has 0 spiro atoms. The van der Waals surface area contributed by atoms with Crippen LogP contribution in [-0.4, -0.2) is 13.6 Å². The van der Waals surface area contributed by atoms with Crippen LogP contribution in [0.25, 0.3) is 0 Å². The smallest absolute Gasteiger partial charge is 0.00519 e. The average Bonchev–Trinajstić information content (AvgIpc) is 2.31. The third-order valence-corrected chi connectivity index (χ3v) is 4.20. The van der Waals surface area contributed by atoms with Crippen molar-refractivity contribution in [2.45, 2.75) is 53.9 Å². The Bertz CT molecular complexity index is 196. The molecule has 0 saturated heterocycles. The quantitative estimate of drug-likeness (QED) is 0.481. The standard InChI is InChI=1S/C15H31N/c1-7-12(2)14(4)15(5)13(3)10-8-9-11-16-6/h7,13-16H,8-11H2,1-6H3. The molecule has 0 aliphatic carbocycles. The molecule has 0 radical (unpaired) electrons. The fourth-order valence-corrected chi connectivity index (χ4v) is 2.20. The summed E-state index contributed by atoms with van der Waals surface area (Å²) in [7, 11) is 2.03. The SMILES string of the molecule is CC=C(C)C(C)C(C)C(C)CCCCNC. The molecule has 0 saturated carbocycles. The fourth-order valence-electron chi connectivity index (χ4n) is 2.20. The van der Waals surface area contributed by atoms with E-state index in [4.69, 9.17) is 0 Å². The number of hydrogen-bond donors (Lipinski definition) is 1. The van der Waals surface area contributed by atoms with Gasteiger partial charge in [-0.3, -0.25) is 0 Å². The van der Waals surface area contributed by atoms with Gasteiger partial charge in [-0.1, -0.05) is 45.3 Å². The molecule has 0 heterocycles. The molecule has 3 unspecified atom stereocenters. The van der Waals surface area contributed by atoms with E-state index >= 15 is 0 Å². The Kier molecular flexibility index (Phi) is 8.64. The lowest BCUT2D eigenvalue weighted by Crippen LogP contribution is -2.18. The Hall–Kier alpha value is -0.300. The van der Waals surface area contributed by atoms with Crippen LogP contribution in [-0.2, 0) is 0 Å². The van der Waals surface area contributed by atoms with Gasteiger partial charge in [0.1, 0.15) is 0 Å². The van der Waals surface area contributed by atoms with E-state index in [1.54, 1.807) is 0 Å². The van der Waals surface area contributed by atoms with Gasteiger partial charge in [0.25, 0.3) is 0 Å². The summed E-state index contributed by atoms with van der Waals surface area (Å²) in [5.74, 6) is 2.36. The van der Waals surface area contributed by atoms with Crippen LogP contribution < -0.4 is 5.32 Å². The first-order chi connectivity index (χ1) is 7.54. The van der Waals surface area contributed by atoms with Gasteiger partial charge in [-0.2, -0.15) is 0 Å². The molecule has 0 aromatic carbocycles. The lowest BCUT2D eigenvalue weighted by Gasteiger charge is -2.27. The summed E-state index contributed by atoms with van der Waals surface area (Å²) in [6.07, 6.45) is 6.29. The number of nitrogens with one attached hydrogen (secondary N) is 1. The third-order valence-electron chi connectivity index (χ3n) is 4.20. The Morgan fingerprint density at radius 3 is 2.31 bits per heavy atom. The van der Waals surface area contributed by atoms with E-state index in [0.29, 0.717) is 0 Å². The molecule has 0 aliphatic heterocycles. The Morgan fingerprint density at radius 2 is 1.81 bits per heavy atom. The summed E-state index contributed by atoms with van der Waals surface area (Å²) < 4.78 is 0. The molecular formula is C15H31N. The van der Waals surface area contributed by atoms with Crippen molar-refractivity contribution in [2.75, 3.05) is 13.6 Å². The van der Waals surface area contributed by atoms with Crippen LogP contribution in [0.1, 0.15) is 53.9 Å². The maximum Gasteiger partial charge on any atom is -0.00519 e. The van der Waals surface area contributed by atoms with E-state index in [1.165, 1.54) is 24.8 Å². The highest BCUT2D eigenvalue weighted by molar-refractivity contribution is 5.02. The summed E-state index contributed by atoms with van der Waals surface area (Å²) in [6, 6.07) is 0. The lowest BCUT2D eigenvalue weighted by molar-refractivity contribution is 0.287. The molecule has 1 heteroatoms. The number of allylic oxidation sites excluding steroid dienone is 2. The average molecular weight is 225 g/mol. The molecule has 0 aromatic heterocycles. The van der Waals surface area contributed by atoms with Gasteiger partial charge in [0, 0.05) is 0 Å². The summed E-state index contributed by atoms with van der Waals surface area (Å²) >= 11 is 0. The minimum absolute atomic E-state index is 0.726. The van der Waals surface area contributed by atoms with Crippen LogP contribution in [0.4, 0.5) is 0 Å². The maximum absolute atomic E-state index is 3.21. The van der Waals surface area contributed by atoms with Crippen molar-refractivity contribution in [3.05, 3.63) is 11.6 Å². The minimum atomic E-state index is 0.726. The van der Waals surface area contributed by atoms with Crippen molar-refractivity contribution in [1.29, 1.82) is 0 Å². The van der Waals surface area contributed by atoms with Gasteiger partial charge in [-0.25, -0.2) is 0 Å². The normalized spacial score (nSPS) is 18.2. The molecular weight excluding hydrogens is 194 g/mol. The van der Waals surface area contributed by atoms with Crippen molar-refractivity contribution in [3.8, 4) is 0 Å². The molecule has 1 N–H and O–H groups in total. The zero-order chi connectivity index (χ0) is 12.6. The van der Waals surface area contributed by atoms with Crippen LogP contribution in [0.2, 0.25) is 0 Å². The van der Waals surface area contributed by atoms with Crippen molar-refractivity contribution >= 4 is 0 Å². The first-order valence-electron chi connectivity index (χ1n) is 6.82. The van der Waals surface area contributed by atoms with Gasteiger partial charge >= 0.3 is 0 Å². The Morgan fingerprint density at radius 1 is 1.19 bits per heavy atom. The molecule has 0 fully saturated rings. The summed E-state index contributed by atoms with van der Waals surface area (Å²) in [5, 5.41) is 3.21. The van der Waals surface area contributed by atoms with E-state index in [2.05, 4.69) is 46.0 Å². The lowest BCUT2D eigenvalue weighted by atomic mass is 9.79. The van der Waals surface area contributed by atoms with E-state index in [1.807, 2.05) is 7.05 Å². The van der Waals surface area contributed by atoms with E-state index in [0.717, 1.165) is 24.3 Å². The third kappa shape index (κ3) is 5.69. The number of unbranched alkanes of at least 4 members (excludes halogenated alkanes) is 1. The van der Waals surface area contributed by atoms with Gasteiger partial charge in [-0.05, 0) is 51.6 Å². The van der Waals surface area contributed by atoms with Crippen molar-refractivity contribution in [3.63, 3.8) is 0 Å². The van der Waals surface area contributed by atoms with Crippen LogP contribution in [0.3, 0.4) is 0 Å². The minimum Gasteiger partial charge on any atom is -0.320 e. The van der Waals surface area contributed by atoms with Crippen LogP contribution >= 0.6 is 0 Å². The Balaban J connectivity index is 3.93. The molecule has 16 heavy (non-hydrogen) atoms. The predicted molar refractivity (Wildman–Crippen MR) is 74.7 cm³/mol. The monoisotopic (exact) mass is 225 g/mol. The second-order valence-corrected chi connectivity index (χ2v) is 5.26. The van der Waals surface area contributed by atoms with Crippen LogP contribution in [0.5, 0.6) is 0 Å². The second-order valence-electron chi connectivity index (χ2n) is 5.26. The molecule has 0 aliphatic rings. The van der Waals surface area contributed by atoms with Crippen molar-refractivity contribution < 1.29 is 0 Å². The maximum atomic E-state index is 3.21. The summed E-state index contributed by atoms with van der Waals surface area (Å²) in [6.45, 7) is 12.7. The van der Waals surface area contributed by atoms with Crippen LogP contribution in [0, 0.1) is 17.8 Å². The molecule has 1 nitrogen and oxygen atoms in total. The van der Waals surface area contributed by atoms with E-state index in [9.17, 15) is 0 Å². The number of rotatable bonds is 8. The first kappa shape index (κ1) is 15.7.